The van der Waals surface area contributed by atoms with Crippen molar-refractivity contribution in [3.05, 3.63) is 39.7 Å². The van der Waals surface area contributed by atoms with E-state index >= 15 is 0 Å². The van der Waals surface area contributed by atoms with Gasteiger partial charge in [-0.25, -0.2) is 4.39 Å². The second kappa shape index (κ2) is 6.00. The molecule has 16 heavy (non-hydrogen) atoms. The van der Waals surface area contributed by atoms with Crippen molar-refractivity contribution >= 4 is 18.1 Å². The summed E-state index contributed by atoms with van der Waals surface area (Å²) in [6, 6.07) is 3.96. The number of halogens is 2. The molecule has 0 aromatic heterocycles. The van der Waals surface area contributed by atoms with Crippen molar-refractivity contribution in [2.75, 3.05) is 0 Å². The Labute approximate surface area is 97.2 Å². The molecular weight excluding hydrogens is 237 g/mol. The number of benzene rings is 1. The van der Waals surface area contributed by atoms with E-state index in [1.807, 2.05) is 0 Å². The van der Waals surface area contributed by atoms with Gasteiger partial charge in [0.05, 0.1) is 23.0 Å². The molecule has 86 valence electrons. The Morgan fingerprint density at radius 3 is 2.75 bits per heavy atom. The van der Waals surface area contributed by atoms with Gasteiger partial charge < -0.3 is 5.73 Å². The molecule has 0 aliphatic rings. The Hall–Kier alpha value is -1.71. The largest absolute Gasteiger partial charge is 0.323 e. The summed E-state index contributed by atoms with van der Waals surface area (Å²) in [5, 5.41) is 19.0. The number of nitro benzene ring substituents is 1. The van der Waals surface area contributed by atoms with Gasteiger partial charge in [0.15, 0.2) is 0 Å². The lowest BCUT2D eigenvalue weighted by Crippen LogP contribution is -2.12. The standard InChI is InChI=1S/C9H8FN3O2.ClH/c10-6-1-2-9(13(14)15)7(5-6)8(12)3-4-11;/h1-2,5,8H,3,12H2;1H/t8-;/m0./s1. The fourth-order valence-electron chi connectivity index (χ4n) is 1.20. The predicted molar refractivity (Wildman–Crippen MR) is 57.5 cm³/mol. The van der Waals surface area contributed by atoms with Gasteiger partial charge in [0.2, 0.25) is 0 Å². The van der Waals surface area contributed by atoms with Gasteiger partial charge in [0.1, 0.15) is 5.82 Å². The molecule has 2 N–H and O–H groups in total. The van der Waals surface area contributed by atoms with Crippen LogP contribution in [0.3, 0.4) is 0 Å². The third-order valence-corrected chi connectivity index (χ3v) is 1.90. The fraction of sp³-hybridized carbons (Fsp3) is 0.222. The van der Waals surface area contributed by atoms with Gasteiger partial charge >= 0.3 is 0 Å². The zero-order chi connectivity index (χ0) is 11.4. The summed E-state index contributed by atoms with van der Waals surface area (Å²) >= 11 is 0. The van der Waals surface area contributed by atoms with Gasteiger partial charge in [-0.15, -0.1) is 12.4 Å². The van der Waals surface area contributed by atoms with Crippen molar-refractivity contribution in [1.82, 2.24) is 0 Å². The van der Waals surface area contributed by atoms with Crippen molar-refractivity contribution in [3.63, 3.8) is 0 Å². The van der Waals surface area contributed by atoms with Crippen molar-refractivity contribution in [3.8, 4) is 6.07 Å². The highest BCUT2D eigenvalue weighted by Gasteiger charge is 2.19. The lowest BCUT2D eigenvalue weighted by atomic mass is 10.0. The second-order valence-corrected chi connectivity index (χ2v) is 2.93. The predicted octanol–water partition coefficient (Wildman–Crippen LogP) is 2.07. The van der Waals surface area contributed by atoms with Gasteiger partial charge in [0.25, 0.3) is 5.69 Å². The highest BCUT2D eigenvalue weighted by molar-refractivity contribution is 5.85. The molecular formula is C9H9ClFN3O2. The molecule has 0 bridgehead atoms. The van der Waals surface area contributed by atoms with Crippen molar-refractivity contribution in [2.45, 2.75) is 12.5 Å². The van der Waals surface area contributed by atoms with Crippen LogP contribution in [0.25, 0.3) is 0 Å². The van der Waals surface area contributed by atoms with Crippen LogP contribution in [0.2, 0.25) is 0 Å². The summed E-state index contributed by atoms with van der Waals surface area (Å²) < 4.78 is 12.9. The maximum Gasteiger partial charge on any atom is 0.274 e. The zero-order valence-electron chi connectivity index (χ0n) is 8.09. The molecule has 5 nitrogen and oxygen atoms in total. The Kier molecular flexibility index (Phi) is 5.36. The summed E-state index contributed by atoms with van der Waals surface area (Å²) in [4.78, 5) is 9.94. The number of nitrogens with zero attached hydrogens (tertiary/aromatic N) is 2. The van der Waals surface area contributed by atoms with Gasteiger partial charge in [0, 0.05) is 12.1 Å². The first-order valence-electron chi connectivity index (χ1n) is 4.12. The minimum atomic E-state index is -0.842. The smallest absolute Gasteiger partial charge is 0.274 e. The molecule has 1 rings (SSSR count). The van der Waals surface area contributed by atoms with E-state index in [9.17, 15) is 14.5 Å². The van der Waals surface area contributed by atoms with E-state index in [0.717, 1.165) is 18.2 Å². The molecule has 0 saturated heterocycles. The number of hydrogen-bond donors (Lipinski definition) is 1. The van der Waals surface area contributed by atoms with E-state index in [2.05, 4.69) is 0 Å². The van der Waals surface area contributed by atoms with Crippen LogP contribution in [0.15, 0.2) is 18.2 Å². The molecule has 0 saturated carbocycles. The van der Waals surface area contributed by atoms with Crippen molar-refractivity contribution < 1.29 is 9.31 Å². The van der Waals surface area contributed by atoms with E-state index in [4.69, 9.17) is 11.0 Å². The van der Waals surface area contributed by atoms with Crippen LogP contribution in [0, 0.1) is 27.3 Å². The molecule has 0 heterocycles. The third-order valence-electron chi connectivity index (χ3n) is 1.90. The normalized spacial score (nSPS) is 11.1. The van der Waals surface area contributed by atoms with Gasteiger partial charge in [-0.2, -0.15) is 5.26 Å². The number of nitrogens with two attached hydrogens (primary N) is 1. The van der Waals surface area contributed by atoms with Crippen LogP contribution >= 0.6 is 12.4 Å². The summed E-state index contributed by atoms with van der Waals surface area (Å²) in [7, 11) is 0. The summed E-state index contributed by atoms with van der Waals surface area (Å²) in [5.74, 6) is -0.607. The zero-order valence-corrected chi connectivity index (χ0v) is 8.91. The molecule has 0 spiro atoms. The van der Waals surface area contributed by atoms with E-state index in [0.29, 0.717) is 0 Å². The highest BCUT2D eigenvalue weighted by Crippen LogP contribution is 2.26. The first-order valence-corrected chi connectivity index (χ1v) is 4.12. The SMILES string of the molecule is Cl.N#CC[C@H](N)c1cc(F)ccc1[N+](=O)[O-]. The Bertz CT molecular complexity index is 433. The summed E-state index contributed by atoms with van der Waals surface area (Å²) in [5.41, 5.74) is 5.30. The molecule has 0 unspecified atom stereocenters. The van der Waals surface area contributed by atoms with Crippen LogP contribution in [-0.2, 0) is 0 Å². The molecule has 1 atom stereocenters. The topological polar surface area (TPSA) is 93.0 Å². The molecule has 7 heteroatoms. The van der Waals surface area contributed by atoms with Gasteiger partial charge in [-0.3, -0.25) is 10.1 Å². The van der Waals surface area contributed by atoms with Crippen LogP contribution < -0.4 is 5.73 Å². The lowest BCUT2D eigenvalue weighted by Gasteiger charge is -2.08. The third kappa shape index (κ3) is 3.15. The van der Waals surface area contributed by atoms with Gasteiger partial charge in [-0.05, 0) is 12.1 Å². The summed E-state index contributed by atoms with van der Waals surface area (Å²) in [6.45, 7) is 0. The van der Waals surface area contributed by atoms with E-state index in [-0.39, 0.29) is 30.1 Å². The van der Waals surface area contributed by atoms with Crippen LogP contribution in [0.4, 0.5) is 10.1 Å². The lowest BCUT2D eigenvalue weighted by molar-refractivity contribution is -0.385. The first-order chi connectivity index (χ1) is 7.06. The minimum Gasteiger partial charge on any atom is -0.323 e. The Morgan fingerprint density at radius 2 is 2.25 bits per heavy atom. The number of hydrogen-bond acceptors (Lipinski definition) is 4. The van der Waals surface area contributed by atoms with E-state index in [1.54, 1.807) is 6.07 Å². The van der Waals surface area contributed by atoms with Crippen molar-refractivity contribution in [1.29, 1.82) is 5.26 Å². The fourth-order valence-corrected chi connectivity index (χ4v) is 1.20. The monoisotopic (exact) mass is 245 g/mol. The molecule has 1 aromatic carbocycles. The Balaban J connectivity index is 0.00000225. The Morgan fingerprint density at radius 1 is 1.62 bits per heavy atom. The maximum atomic E-state index is 12.9. The van der Waals surface area contributed by atoms with Crippen molar-refractivity contribution in [2.24, 2.45) is 5.73 Å². The molecule has 0 amide bonds. The molecule has 0 radical (unpaired) electrons. The van der Waals surface area contributed by atoms with Gasteiger partial charge in [-0.1, -0.05) is 0 Å². The first kappa shape index (κ1) is 14.3. The highest BCUT2D eigenvalue weighted by atomic mass is 35.5. The molecule has 0 fully saturated rings. The van der Waals surface area contributed by atoms with Crippen LogP contribution in [-0.4, -0.2) is 4.92 Å². The second-order valence-electron chi connectivity index (χ2n) is 2.93. The maximum absolute atomic E-state index is 12.9. The van der Waals surface area contributed by atoms with E-state index < -0.39 is 16.8 Å². The molecule has 0 aliphatic heterocycles. The average Bonchev–Trinajstić information content (AvgIpc) is 2.17. The van der Waals surface area contributed by atoms with E-state index in [1.165, 1.54) is 0 Å². The molecule has 0 aliphatic carbocycles. The number of rotatable bonds is 3. The van der Waals surface area contributed by atoms with Crippen LogP contribution in [0.1, 0.15) is 18.0 Å². The van der Waals surface area contributed by atoms with Crippen LogP contribution in [0.5, 0.6) is 0 Å². The number of nitriles is 1. The molecule has 1 aromatic rings. The number of nitro groups is 1. The quantitative estimate of drug-likeness (QED) is 0.652. The summed E-state index contributed by atoms with van der Waals surface area (Å²) in [6.07, 6.45) is -0.0930. The minimum absolute atomic E-state index is 0. The average molecular weight is 246 g/mol.